The van der Waals surface area contributed by atoms with Crippen LogP contribution in [-0.4, -0.2) is 9.38 Å². The maximum atomic E-state index is 12.2. The Morgan fingerprint density at radius 3 is 2.59 bits per heavy atom. The molecule has 2 heterocycles. The van der Waals surface area contributed by atoms with Gasteiger partial charge < -0.3 is 0 Å². The molecule has 0 aliphatic heterocycles. The van der Waals surface area contributed by atoms with Crippen molar-refractivity contribution in [3.63, 3.8) is 0 Å². The van der Waals surface area contributed by atoms with Gasteiger partial charge in [0.1, 0.15) is 0 Å². The molecule has 3 nitrogen and oxygen atoms in total. The van der Waals surface area contributed by atoms with Gasteiger partial charge in [0.2, 0.25) is 0 Å². The second kappa shape index (κ2) is 4.93. The van der Waals surface area contributed by atoms with E-state index in [2.05, 4.69) is 9.38 Å². The average Bonchev–Trinajstić information content (AvgIpc) is 2.84. The van der Waals surface area contributed by atoms with Gasteiger partial charge in [0.15, 0.2) is 4.96 Å². The first kappa shape index (κ1) is 13.5. The topological polar surface area (TPSA) is 34.4 Å². The molecule has 2 aromatic heterocycles. The number of hydrogen-bond donors (Lipinski definition) is 0. The highest BCUT2D eigenvalue weighted by atomic mass is 35.5. The Morgan fingerprint density at radius 1 is 1.09 bits per heavy atom. The van der Waals surface area contributed by atoms with E-state index < -0.39 is 0 Å². The van der Waals surface area contributed by atoms with E-state index in [9.17, 15) is 4.79 Å². The number of benzene rings is 2. The molecule has 108 valence electrons. The summed E-state index contributed by atoms with van der Waals surface area (Å²) in [6.45, 7) is 2.04. The average molecular weight is 327 g/mol. The predicted octanol–water partition coefficient (Wildman–Crippen LogP) is 4.54. The van der Waals surface area contributed by atoms with Crippen LogP contribution in [0, 0.1) is 6.92 Å². The van der Waals surface area contributed by atoms with E-state index in [1.165, 1.54) is 11.3 Å². The van der Waals surface area contributed by atoms with Crippen LogP contribution in [0.3, 0.4) is 0 Å². The van der Waals surface area contributed by atoms with E-state index >= 15 is 0 Å². The Balaban J connectivity index is 2.19. The standard InChI is InChI=1S/C17H11ClN2OS/c1-10-15(11-6-8-12(18)9-7-11)20-14-5-3-2-4-13(14)16(21)19-17(20)22-10/h2-9H,1H3. The van der Waals surface area contributed by atoms with Crippen molar-refractivity contribution in [2.45, 2.75) is 6.92 Å². The van der Waals surface area contributed by atoms with Crippen LogP contribution in [0.15, 0.2) is 53.3 Å². The minimum Gasteiger partial charge on any atom is -0.284 e. The number of aromatic nitrogens is 2. The van der Waals surface area contributed by atoms with Crippen molar-refractivity contribution in [2.24, 2.45) is 0 Å². The fourth-order valence-electron chi connectivity index (χ4n) is 2.72. The minimum atomic E-state index is -0.181. The van der Waals surface area contributed by atoms with E-state index in [0.717, 1.165) is 21.7 Å². The fraction of sp³-hybridized carbons (Fsp3) is 0.0588. The van der Waals surface area contributed by atoms with Crippen LogP contribution in [0.5, 0.6) is 0 Å². The molecule has 0 atom stereocenters. The number of nitrogens with zero attached hydrogens (tertiary/aromatic N) is 2. The highest BCUT2D eigenvalue weighted by Crippen LogP contribution is 2.32. The Labute approximate surface area is 135 Å². The van der Waals surface area contributed by atoms with Crippen molar-refractivity contribution < 1.29 is 0 Å². The second-order valence-electron chi connectivity index (χ2n) is 5.07. The van der Waals surface area contributed by atoms with Gasteiger partial charge in [-0.2, -0.15) is 4.98 Å². The monoisotopic (exact) mass is 326 g/mol. The summed E-state index contributed by atoms with van der Waals surface area (Å²) in [5, 5.41) is 1.34. The SMILES string of the molecule is Cc1sc2nc(=O)c3ccccc3n2c1-c1ccc(Cl)cc1. The quantitative estimate of drug-likeness (QED) is 0.514. The first-order valence-corrected chi connectivity index (χ1v) is 8.01. The van der Waals surface area contributed by atoms with Crippen molar-refractivity contribution >= 4 is 38.8 Å². The number of para-hydroxylation sites is 1. The minimum absolute atomic E-state index is 0.181. The maximum absolute atomic E-state index is 12.2. The first-order chi connectivity index (χ1) is 10.6. The lowest BCUT2D eigenvalue weighted by molar-refractivity contribution is 1.17. The molecule has 5 heteroatoms. The normalized spacial score (nSPS) is 11.4. The highest BCUT2D eigenvalue weighted by molar-refractivity contribution is 7.17. The van der Waals surface area contributed by atoms with Crippen LogP contribution < -0.4 is 5.56 Å². The van der Waals surface area contributed by atoms with E-state index in [1.54, 1.807) is 0 Å². The Morgan fingerprint density at radius 2 is 1.82 bits per heavy atom. The van der Waals surface area contributed by atoms with Gasteiger partial charge in [-0.15, -0.1) is 11.3 Å². The van der Waals surface area contributed by atoms with E-state index in [4.69, 9.17) is 11.6 Å². The van der Waals surface area contributed by atoms with Gasteiger partial charge >= 0.3 is 0 Å². The van der Waals surface area contributed by atoms with Gasteiger partial charge in [-0.1, -0.05) is 35.9 Å². The molecule has 4 rings (SSSR count). The van der Waals surface area contributed by atoms with E-state index in [1.807, 2.05) is 55.5 Å². The zero-order valence-corrected chi connectivity index (χ0v) is 13.3. The third-order valence-electron chi connectivity index (χ3n) is 3.68. The fourth-order valence-corrected chi connectivity index (χ4v) is 3.83. The molecule has 0 unspecified atom stereocenters. The first-order valence-electron chi connectivity index (χ1n) is 6.82. The summed E-state index contributed by atoms with van der Waals surface area (Å²) in [7, 11) is 0. The molecular weight excluding hydrogens is 316 g/mol. The number of thiazole rings is 1. The van der Waals surface area contributed by atoms with Crippen LogP contribution in [0.25, 0.3) is 27.1 Å². The summed E-state index contributed by atoms with van der Waals surface area (Å²) < 4.78 is 2.06. The molecular formula is C17H11ClN2OS. The van der Waals surface area contributed by atoms with Crippen LogP contribution in [0.4, 0.5) is 0 Å². The van der Waals surface area contributed by atoms with Crippen LogP contribution in [0.1, 0.15) is 4.88 Å². The summed E-state index contributed by atoms with van der Waals surface area (Å²) >= 11 is 7.51. The number of rotatable bonds is 1. The Bertz CT molecular complexity index is 1060. The third-order valence-corrected chi connectivity index (χ3v) is 4.89. The van der Waals surface area contributed by atoms with Gasteiger partial charge in [0.25, 0.3) is 5.56 Å². The third kappa shape index (κ3) is 1.95. The molecule has 0 saturated carbocycles. The molecule has 0 fully saturated rings. The smallest absolute Gasteiger partial charge is 0.281 e. The van der Waals surface area contributed by atoms with Crippen LogP contribution in [0.2, 0.25) is 5.02 Å². The van der Waals surface area contributed by atoms with Crippen molar-refractivity contribution in [1.82, 2.24) is 9.38 Å². The lowest BCUT2D eigenvalue weighted by Crippen LogP contribution is -2.09. The molecule has 0 radical (unpaired) electrons. The summed E-state index contributed by atoms with van der Waals surface area (Å²) in [5.41, 5.74) is 2.82. The van der Waals surface area contributed by atoms with E-state index in [-0.39, 0.29) is 5.56 Å². The summed E-state index contributed by atoms with van der Waals surface area (Å²) in [5.74, 6) is 0. The Kier molecular flexibility index (Phi) is 3.03. The molecule has 0 amide bonds. The molecule has 0 bridgehead atoms. The zero-order chi connectivity index (χ0) is 15.3. The predicted molar refractivity (Wildman–Crippen MR) is 92.0 cm³/mol. The molecule has 0 saturated heterocycles. The summed E-state index contributed by atoms with van der Waals surface area (Å²) in [6.07, 6.45) is 0. The summed E-state index contributed by atoms with van der Waals surface area (Å²) in [4.78, 5) is 18.2. The van der Waals surface area contributed by atoms with Crippen LogP contribution in [-0.2, 0) is 0 Å². The molecule has 0 N–H and O–H groups in total. The molecule has 0 spiro atoms. The lowest BCUT2D eigenvalue weighted by atomic mass is 10.1. The maximum Gasteiger partial charge on any atom is 0.281 e. The van der Waals surface area contributed by atoms with Gasteiger partial charge in [0, 0.05) is 9.90 Å². The number of halogens is 1. The molecule has 22 heavy (non-hydrogen) atoms. The van der Waals surface area contributed by atoms with Crippen molar-refractivity contribution in [3.8, 4) is 11.3 Å². The molecule has 2 aromatic carbocycles. The number of aryl methyl sites for hydroxylation is 1. The molecule has 4 aromatic rings. The van der Waals surface area contributed by atoms with Gasteiger partial charge in [0.05, 0.1) is 16.6 Å². The van der Waals surface area contributed by atoms with Crippen molar-refractivity contribution in [1.29, 1.82) is 0 Å². The lowest BCUT2D eigenvalue weighted by Gasteiger charge is -2.07. The van der Waals surface area contributed by atoms with Gasteiger partial charge in [-0.25, -0.2) is 0 Å². The highest BCUT2D eigenvalue weighted by Gasteiger charge is 2.15. The summed E-state index contributed by atoms with van der Waals surface area (Å²) in [6, 6.07) is 15.3. The Hall–Kier alpha value is -2.17. The number of fused-ring (bicyclic) bond motifs is 3. The van der Waals surface area contributed by atoms with Gasteiger partial charge in [-0.05, 0) is 36.8 Å². The molecule has 0 aliphatic carbocycles. The van der Waals surface area contributed by atoms with Crippen LogP contribution >= 0.6 is 22.9 Å². The van der Waals surface area contributed by atoms with Crippen molar-refractivity contribution in [3.05, 3.63) is 68.8 Å². The van der Waals surface area contributed by atoms with Gasteiger partial charge in [-0.3, -0.25) is 9.20 Å². The zero-order valence-electron chi connectivity index (χ0n) is 11.7. The second-order valence-corrected chi connectivity index (χ2v) is 6.68. The molecule has 0 aliphatic rings. The number of hydrogen-bond acceptors (Lipinski definition) is 3. The van der Waals surface area contributed by atoms with Crippen molar-refractivity contribution in [2.75, 3.05) is 0 Å². The largest absolute Gasteiger partial charge is 0.284 e. The van der Waals surface area contributed by atoms with E-state index in [0.29, 0.717) is 15.4 Å².